The minimum Gasteiger partial charge on any atom is -0.454 e. The molecule has 4 heteroatoms. The fourth-order valence-electron chi connectivity index (χ4n) is 1.66. The molecule has 1 unspecified atom stereocenters. The minimum atomic E-state index is 0.0994. The van der Waals surface area contributed by atoms with Gasteiger partial charge < -0.3 is 10.5 Å². The first-order valence-electron chi connectivity index (χ1n) is 5.77. The molecular formula is C14H15ClN2O. The number of hydrogen-bond acceptors (Lipinski definition) is 3. The highest BCUT2D eigenvalue weighted by Crippen LogP contribution is 2.28. The van der Waals surface area contributed by atoms with Crippen LogP contribution in [0.3, 0.4) is 0 Å². The lowest BCUT2D eigenvalue weighted by molar-refractivity contribution is 0.479. The van der Waals surface area contributed by atoms with Crippen molar-refractivity contribution in [3.8, 4) is 11.5 Å². The predicted molar refractivity (Wildman–Crippen MR) is 73.1 cm³/mol. The normalized spacial score (nSPS) is 12.2. The lowest BCUT2D eigenvalue weighted by atomic mass is 10.1. The average molecular weight is 263 g/mol. The lowest BCUT2D eigenvalue weighted by Gasteiger charge is -2.09. The fraction of sp³-hybridized carbons (Fsp3) is 0.214. The molecule has 0 fully saturated rings. The van der Waals surface area contributed by atoms with Crippen LogP contribution in [-0.4, -0.2) is 11.0 Å². The summed E-state index contributed by atoms with van der Waals surface area (Å²) in [7, 11) is 0. The highest BCUT2D eigenvalue weighted by atomic mass is 35.5. The van der Waals surface area contributed by atoms with Crippen molar-refractivity contribution >= 4 is 11.6 Å². The Labute approximate surface area is 112 Å². The summed E-state index contributed by atoms with van der Waals surface area (Å²) in [5, 5.41) is 0.579. The number of benzene rings is 1. The van der Waals surface area contributed by atoms with Crippen LogP contribution in [0, 0.1) is 0 Å². The summed E-state index contributed by atoms with van der Waals surface area (Å²) in [5.74, 6) is 1.29. The zero-order chi connectivity index (χ0) is 13.0. The Morgan fingerprint density at radius 3 is 2.83 bits per heavy atom. The molecule has 0 amide bonds. The van der Waals surface area contributed by atoms with Gasteiger partial charge >= 0.3 is 0 Å². The number of halogens is 1. The van der Waals surface area contributed by atoms with Gasteiger partial charge in [-0.3, -0.25) is 4.98 Å². The number of para-hydroxylation sites is 1. The second-order valence-electron chi connectivity index (χ2n) is 4.24. The van der Waals surface area contributed by atoms with Crippen LogP contribution in [0.15, 0.2) is 42.7 Å². The minimum absolute atomic E-state index is 0.0994. The summed E-state index contributed by atoms with van der Waals surface area (Å²) in [4.78, 5) is 4.14. The molecule has 3 nitrogen and oxygen atoms in total. The van der Waals surface area contributed by atoms with Crippen LogP contribution in [0.1, 0.15) is 12.5 Å². The molecule has 0 radical (unpaired) electrons. The highest BCUT2D eigenvalue weighted by Gasteiger charge is 2.04. The number of nitrogens with zero attached hydrogens (tertiary/aromatic N) is 1. The summed E-state index contributed by atoms with van der Waals surface area (Å²) in [6, 6.07) is 9.37. The lowest BCUT2D eigenvalue weighted by Crippen LogP contribution is -2.17. The third-order valence-electron chi connectivity index (χ3n) is 2.39. The van der Waals surface area contributed by atoms with Crippen molar-refractivity contribution in [3.05, 3.63) is 53.3 Å². The van der Waals surface area contributed by atoms with Crippen molar-refractivity contribution < 1.29 is 4.74 Å². The van der Waals surface area contributed by atoms with Gasteiger partial charge in [-0.2, -0.15) is 0 Å². The van der Waals surface area contributed by atoms with E-state index >= 15 is 0 Å². The molecule has 0 saturated heterocycles. The van der Waals surface area contributed by atoms with E-state index < -0.39 is 0 Å². The second-order valence-corrected chi connectivity index (χ2v) is 4.65. The first kappa shape index (κ1) is 12.9. The third-order valence-corrected chi connectivity index (χ3v) is 2.70. The maximum atomic E-state index is 6.03. The predicted octanol–water partition coefficient (Wildman–Crippen LogP) is 3.42. The van der Waals surface area contributed by atoms with Gasteiger partial charge in [-0.15, -0.1) is 0 Å². The van der Waals surface area contributed by atoms with Gasteiger partial charge in [0.25, 0.3) is 0 Å². The Bertz CT molecular complexity index is 529. The molecule has 0 spiro atoms. The largest absolute Gasteiger partial charge is 0.454 e. The van der Waals surface area contributed by atoms with Crippen LogP contribution >= 0.6 is 11.6 Å². The van der Waals surface area contributed by atoms with Gasteiger partial charge in [-0.1, -0.05) is 23.7 Å². The fourth-order valence-corrected chi connectivity index (χ4v) is 1.83. The van der Waals surface area contributed by atoms with Crippen LogP contribution in [0.25, 0.3) is 0 Å². The van der Waals surface area contributed by atoms with E-state index in [1.165, 1.54) is 0 Å². The summed E-state index contributed by atoms with van der Waals surface area (Å²) >= 11 is 6.03. The van der Waals surface area contributed by atoms with Crippen LogP contribution in [0.4, 0.5) is 0 Å². The Morgan fingerprint density at radius 1 is 1.33 bits per heavy atom. The van der Waals surface area contributed by atoms with Gasteiger partial charge in [0.2, 0.25) is 0 Å². The van der Waals surface area contributed by atoms with E-state index in [1.54, 1.807) is 18.5 Å². The van der Waals surface area contributed by atoms with Gasteiger partial charge in [0.1, 0.15) is 11.5 Å². The molecule has 2 rings (SSSR count). The molecule has 1 aromatic carbocycles. The molecule has 0 aliphatic carbocycles. The highest BCUT2D eigenvalue weighted by molar-refractivity contribution is 6.32. The maximum Gasteiger partial charge on any atom is 0.146 e. The Hall–Kier alpha value is -1.58. The zero-order valence-electron chi connectivity index (χ0n) is 10.1. The van der Waals surface area contributed by atoms with Crippen molar-refractivity contribution in [1.82, 2.24) is 4.98 Å². The average Bonchev–Trinajstić information content (AvgIpc) is 2.32. The number of rotatable bonds is 4. The van der Waals surface area contributed by atoms with Crippen LogP contribution in [0.2, 0.25) is 5.02 Å². The van der Waals surface area contributed by atoms with Crippen LogP contribution < -0.4 is 10.5 Å². The van der Waals surface area contributed by atoms with E-state index in [0.717, 1.165) is 12.0 Å². The van der Waals surface area contributed by atoms with E-state index in [2.05, 4.69) is 4.98 Å². The first-order chi connectivity index (χ1) is 8.65. The number of aromatic nitrogens is 1. The van der Waals surface area contributed by atoms with E-state index in [0.29, 0.717) is 16.5 Å². The van der Waals surface area contributed by atoms with Crippen molar-refractivity contribution in [2.45, 2.75) is 19.4 Å². The summed E-state index contributed by atoms with van der Waals surface area (Å²) in [5.41, 5.74) is 6.81. The maximum absolute atomic E-state index is 6.03. The first-order valence-corrected chi connectivity index (χ1v) is 6.15. The molecule has 1 aromatic heterocycles. The van der Waals surface area contributed by atoms with Crippen LogP contribution in [0.5, 0.6) is 11.5 Å². The topological polar surface area (TPSA) is 48.1 Å². The Balaban J connectivity index is 2.17. The number of nitrogens with two attached hydrogens (primary N) is 1. The molecule has 18 heavy (non-hydrogen) atoms. The van der Waals surface area contributed by atoms with E-state index in [9.17, 15) is 0 Å². The van der Waals surface area contributed by atoms with Crippen molar-refractivity contribution in [2.24, 2.45) is 5.73 Å². The van der Waals surface area contributed by atoms with E-state index in [4.69, 9.17) is 22.1 Å². The molecule has 0 saturated carbocycles. The standard InChI is InChI=1S/C14H15ClN2O/c1-10(16)6-11-7-12(9-17-8-11)18-14-5-3-2-4-13(14)15/h2-5,7-10H,6,16H2,1H3. The number of pyridine rings is 1. The van der Waals surface area contributed by atoms with Crippen molar-refractivity contribution in [2.75, 3.05) is 0 Å². The summed E-state index contributed by atoms with van der Waals surface area (Å²) in [6.45, 7) is 1.96. The second kappa shape index (κ2) is 5.85. The molecule has 0 aliphatic heterocycles. The number of ether oxygens (including phenoxy) is 1. The van der Waals surface area contributed by atoms with Gasteiger partial charge in [-0.05, 0) is 37.1 Å². The SMILES string of the molecule is CC(N)Cc1cncc(Oc2ccccc2Cl)c1. The molecule has 2 N–H and O–H groups in total. The zero-order valence-corrected chi connectivity index (χ0v) is 10.9. The molecular weight excluding hydrogens is 248 g/mol. The quantitative estimate of drug-likeness (QED) is 0.918. The third kappa shape index (κ3) is 3.45. The smallest absolute Gasteiger partial charge is 0.146 e. The molecule has 2 aromatic rings. The van der Waals surface area contributed by atoms with Gasteiger partial charge in [0.15, 0.2) is 0 Å². The van der Waals surface area contributed by atoms with Gasteiger partial charge in [0.05, 0.1) is 11.2 Å². The molecule has 0 bridgehead atoms. The van der Waals surface area contributed by atoms with Crippen LogP contribution in [-0.2, 0) is 6.42 Å². The Morgan fingerprint density at radius 2 is 2.11 bits per heavy atom. The van der Waals surface area contributed by atoms with Gasteiger partial charge in [-0.25, -0.2) is 0 Å². The molecule has 0 aliphatic rings. The number of hydrogen-bond donors (Lipinski definition) is 1. The summed E-state index contributed by atoms with van der Waals surface area (Å²) < 4.78 is 5.70. The molecule has 1 atom stereocenters. The molecule has 1 heterocycles. The van der Waals surface area contributed by atoms with E-state index in [1.807, 2.05) is 31.2 Å². The van der Waals surface area contributed by atoms with Crippen molar-refractivity contribution in [1.29, 1.82) is 0 Å². The van der Waals surface area contributed by atoms with Gasteiger partial charge in [0, 0.05) is 12.2 Å². The van der Waals surface area contributed by atoms with Crippen molar-refractivity contribution in [3.63, 3.8) is 0 Å². The Kier molecular flexibility index (Phi) is 4.18. The summed E-state index contributed by atoms with van der Waals surface area (Å²) in [6.07, 6.45) is 4.23. The monoisotopic (exact) mass is 262 g/mol. The molecule has 94 valence electrons. The van der Waals surface area contributed by atoms with E-state index in [-0.39, 0.29) is 6.04 Å².